The van der Waals surface area contributed by atoms with Gasteiger partial charge in [0, 0.05) is 10.7 Å². The molecule has 0 fully saturated rings. The third-order valence-electron chi connectivity index (χ3n) is 3.11. The highest BCUT2D eigenvalue weighted by Gasteiger charge is 2.10. The number of methoxy groups -OCH3 is 1. The van der Waals surface area contributed by atoms with Crippen LogP contribution < -0.4 is 10.1 Å². The Hall–Kier alpha value is -3.48. The number of halogens is 1. The number of hydrogen-bond acceptors (Lipinski definition) is 5. The van der Waals surface area contributed by atoms with Crippen molar-refractivity contribution in [2.45, 2.75) is 0 Å². The second-order valence-electron chi connectivity index (χ2n) is 4.81. The van der Waals surface area contributed by atoms with E-state index in [1.807, 2.05) is 0 Å². The second kappa shape index (κ2) is 8.57. The topological polar surface area (TPSA) is 123 Å². The first-order valence-corrected chi connectivity index (χ1v) is 7.49. The van der Waals surface area contributed by atoms with E-state index < -0.39 is 17.6 Å². The van der Waals surface area contributed by atoms with Gasteiger partial charge in [-0.05, 0) is 42.5 Å². The first kappa shape index (κ1) is 18.9. The quantitative estimate of drug-likeness (QED) is 0.454. The van der Waals surface area contributed by atoms with Gasteiger partial charge in [-0.25, -0.2) is 10.7 Å². The summed E-state index contributed by atoms with van der Waals surface area (Å²) in [5, 5.41) is 28.2. The van der Waals surface area contributed by atoms with Crippen LogP contribution in [0.3, 0.4) is 0 Å². The van der Waals surface area contributed by atoms with Crippen molar-refractivity contribution in [3.8, 4) is 5.75 Å². The molecule has 0 aliphatic carbocycles. The number of benzene rings is 2. The summed E-state index contributed by atoms with van der Waals surface area (Å²) in [4.78, 5) is 22.9. The molecule has 0 atom stereocenters. The number of rotatable bonds is 6. The maximum absolute atomic E-state index is 12.1. The van der Waals surface area contributed by atoms with Crippen molar-refractivity contribution < 1.29 is 19.4 Å². The lowest BCUT2D eigenvalue weighted by Crippen LogP contribution is -2.13. The molecule has 0 heterocycles. The van der Waals surface area contributed by atoms with Crippen molar-refractivity contribution in [2.24, 2.45) is 10.2 Å². The zero-order valence-corrected chi connectivity index (χ0v) is 14.2. The number of anilines is 1. The van der Waals surface area contributed by atoms with Crippen molar-refractivity contribution in [3.05, 3.63) is 64.2 Å². The first-order chi connectivity index (χ1) is 12.4. The van der Waals surface area contributed by atoms with Crippen molar-refractivity contribution in [3.63, 3.8) is 0 Å². The van der Waals surface area contributed by atoms with Gasteiger partial charge in [-0.1, -0.05) is 11.6 Å². The number of amides is 1. The molecule has 0 radical (unpaired) electrons. The fourth-order valence-electron chi connectivity index (χ4n) is 1.85. The number of carboxylic acid groups (broad SMARTS) is 1. The number of carboxylic acids is 1. The molecule has 2 N–H and O–H groups in total. The summed E-state index contributed by atoms with van der Waals surface area (Å²) >= 11 is 5.88. The number of aromatic carboxylic acids is 1. The van der Waals surface area contributed by atoms with Crippen LogP contribution in [0.5, 0.6) is 5.75 Å². The Labute approximate surface area is 153 Å². The lowest BCUT2D eigenvalue weighted by molar-refractivity contribution is -0.112. The van der Waals surface area contributed by atoms with Crippen LogP contribution in [0, 0.1) is 0 Å². The highest BCUT2D eigenvalue weighted by Crippen LogP contribution is 2.30. The number of azo groups is 1. The maximum Gasteiger partial charge on any atom is 0.335 e. The molecule has 0 aliphatic heterocycles. The smallest absolute Gasteiger partial charge is 0.335 e. The summed E-state index contributed by atoms with van der Waals surface area (Å²) in [6.07, 6.45) is 0. The van der Waals surface area contributed by atoms with Crippen molar-refractivity contribution in [1.29, 1.82) is 0 Å². The largest absolute Gasteiger partial charge is 0.761 e. The molecule has 0 aliphatic rings. The maximum atomic E-state index is 12.1. The zero-order valence-electron chi connectivity index (χ0n) is 13.4. The Morgan fingerprint density at radius 2 is 1.92 bits per heavy atom. The molecule has 8 nitrogen and oxygen atoms in total. The Bertz CT molecular complexity index is 919. The van der Waals surface area contributed by atoms with E-state index in [0.29, 0.717) is 16.5 Å². The van der Waals surface area contributed by atoms with E-state index in [4.69, 9.17) is 26.9 Å². The lowest BCUT2D eigenvalue weighted by Gasteiger charge is -2.06. The molecule has 0 bridgehead atoms. The van der Waals surface area contributed by atoms with Gasteiger partial charge in [-0.2, -0.15) is 0 Å². The van der Waals surface area contributed by atoms with E-state index in [-0.39, 0.29) is 11.3 Å². The van der Waals surface area contributed by atoms with E-state index in [2.05, 4.69) is 15.5 Å². The Morgan fingerprint density at radius 3 is 2.50 bits per heavy atom. The molecule has 0 saturated carbocycles. The monoisotopic (exact) mass is 371 g/mol. The van der Waals surface area contributed by atoms with Gasteiger partial charge in [0.05, 0.1) is 12.7 Å². The van der Waals surface area contributed by atoms with Gasteiger partial charge in [-0.15, -0.1) is 10.2 Å². The van der Waals surface area contributed by atoms with Gasteiger partial charge >= 0.3 is 5.97 Å². The number of carbonyl (C=O) groups excluding carboxylic acids is 1. The van der Waals surface area contributed by atoms with Gasteiger partial charge in [0.15, 0.2) is 5.70 Å². The van der Waals surface area contributed by atoms with Crippen LogP contribution in [0.4, 0.5) is 11.4 Å². The van der Waals surface area contributed by atoms with Crippen LogP contribution >= 0.6 is 11.6 Å². The lowest BCUT2D eigenvalue weighted by atomic mass is 10.2. The Morgan fingerprint density at radius 1 is 1.23 bits per heavy atom. The zero-order chi connectivity index (χ0) is 19.1. The van der Waals surface area contributed by atoms with Crippen molar-refractivity contribution >= 4 is 40.7 Å². The Balaban J connectivity index is 2.15. The molecular weight excluding hydrogens is 360 g/mol. The molecule has 2 aromatic carbocycles. The number of carbonyl (C=O) groups is 2. The predicted octanol–water partition coefficient (Wildman–Crippen LogP) is 3.89. The van der Waals surface area contributed by atoms with Crippen LogP contribution in [0.1, 0.15) is 10.4 Å². The fraction of sp³-hybridized carbons (Fsp3) is 0.0588. The molecule has 0 aromatic heterocycles. The van der Waals surface area contributed by atoms with Crippen molar-refractivity contribution in [2.75, 3.05) is 12.4 Å². The van der Waals surface area contributed by atoms with Crippen LogP contribution in [0.2, 0.25) is 5.02 Å². The third-order valence-corrected chi connectivity index (χ3v) is 3.34. The molecule has 1 amide bonds. The normalized spacial score (nSPS) is 10.2. The predicted molar refractivity (Wildman–Crippen MR) is 96.4 cm³/mol. The van der Waals surface area contributed by atoms with E-state index in [0.717, 1.165) is 0 Å². The SMILES string of the molecule is COc1ccc(Cl)cc1N=NC(=C=[N-])C(=O)Nc1ccc(C(=O)O)cc1. The van der Waals surface area contributed by atoms with E-state index in [9.17, 15) is 9.59 Å². The van der Waals surface area contributed by atoms with Gasteiger partial charge in [0.1, 0.15) is 11.4 Å². The first-order valence-electron chi connectivity index (χ1n) is 7.11. The highest BCUT2D eigenvalue weighted by molar-refractivity contribution is 6.30. The van der Waals surface area contributed by atoms with Gasteiger partial charge < -0.3 is 20.6 Å². The van der Waals surface area contributed by atoms with Crippen LogP contribution in [-0.2, 0) is 4.79 Å². The molecule has 0 spiro atoms. The molecular formula is C17H12ClN4O4-. The third kappa shape index (κ3) is 4.76. The van der Waals surface area contributed by atoms with Gasteiger partial charge in [0.2, 0.25) is 0 Å². The minimum atomic E-state index is -1.09. The molecule has 2 aromatic rings. The molecule has 0 unspecified atom stereocenters. The summed E-state index contributed by atoms with van der Waals surface area (Å²) < 4.78 is 5.10. The summed E-state index contributed by atoms with van der Waals surface area (Å²) in [6.45, 7) is 0. The summed E-state index contributed by atoms with van der Waals surface area (Å²) in [6, 6.07) is 10.1. The van der Waals surface area contributed by atoms with Gasteiger partial charge in [0.25, 0.3) is 5.91 Å². The summed E-state index contributed by atoms with van der Waals surface area (Å²) in [5.74, 6) is 0.147. The van der Waals surface area contributed by atoms with E-state index in [1.54, 1.807) is 18.0 Å². The molecule has 132 valence electrons. The highest BCUT2D eigenvalue weighted by atomic mass is 35.5. The summed E-state index contributed by atoms with van der Waals surface area (Å²) in [5.41, 5.74) is 0.143. The molecule has 0 saturated heterocycles. The molecule has 9 heteroatoms. The fourth-order valence-corrected chi connectivity index (χ4v) is 2.02. The average Bonchev–Trinajstić information content (AvgIpc) is 2.63. The number of ether oxygens (including phenoxy) is 1. The van der Waals surface area contributed by atoms with Crippen molar-refractivity contribution in [1.82, 2.24) is 0 Å². The average molecular weight is 372 g/mol. The summed E-state index contributed by atoms with van der Waals surface area (Å²) in [7, 11) is 1.44. The van der Waals surface area contributed by atoms with Crippen LogP contribution in [-0.4, -0.2) is 30.0 Å². The minimum absolute atomic E-state index is 0.0697. The molecule has 2 rings (SSSR count). The number of nitrogens with zero attached hydrogens (tertiary/aromatic N) is 3. The van der Waals surface area contributed by atoms with Gasteiger partial charge in [-0.3, -0.25) is 4.79 Å². The number of nitrogens with one attached hydrogen (secondary N) is 1. The van der Waals surface area contributed by atoms with Crippen LogP contribution in [0.25, 0.3) is 5.41 Å². The standard InChI is InChI=1S/C17H12ClN4O4/c1-26-15-7-4-11(18)8-13(15)21-22-14(9-19)16(23)20-12-5-2-10(3-6-12)17(24)25/h2-8H,1H3,(H,20,23)(H,24,25)/q-1. The molecule has 26 heavy (non-hydrogen) atoms. The number of hydrogen-bond donors (Lipinski definition) is 2. The second-order valence-corrected chi connectivity index (χ2v) is 5.25. The minimum Gasteiger partial charge on any atom is -0.761 e. The van der Waals surface area contributed by atoms with E-state index >= 15 is 0 Å². The van der Waals surface area contributed by atoms with Crippen LogP contribution in [0.15, 0.2) is 58.4 Å². The van der Waals surface area contributed by atoms with E-state index in [1.165, 1.54) is 37.4 Å². The Kier molecular flexibility index (Phi) is 6.21.